The van der Waals surface area contributed by atoms with Gasteiger partial charge in [-0.1, -0.05) is 43.5 Å². The molecule has 1 atom stereocenters. The summed E-state index contributed by atoms with van der Waals surface area (Å²) in [5.41, 5.74) is 5.40. The van der Waals surface area contributed by atoms with Crippen LogP contribution >= 0.6 is 11.6 Å². The Bertz CT molecular complexity index is 1150. The molecule has 3 rings (SSSR count). The van der Waals surface area contributed by atoms with E-state index >= 15 is 0 Å². The molecule has 10 nitrogen and oxygen atoms in total. The molecule has 2 aromatic carbocycles. The Kier molecular flexibility index (Phi) is 10.0. The first-order chi connectivity index (χ1) is 17.8. The zero-order chi connectivity index (χ0) is 26.8. The maximum Gasteiger partial charge on any atom is 0.338 e. The highest BCUT2D eigenvalue weighted by Gasteiger charge is 2.36. The lowest BCUT2D eigenvalue weighted by molar-refractivity contribution is -0.152. The van der Waals surface area contributed by atoms with Crippen LogP contribution in [0.3, 0.4) is 0 Å². The molecular weight excluding hydrogens is 502 g/mol. The number of rotatable bonds is 10. The van der Waals surface area contributed by atoms with Gasteiger partial charge in [0, 0.05) is 18.7 Å². The Morgan fingerprint density at radius 1 is 1.00 bits per heavy atom. The van der Waals surface area contributed by atoms with Crippen molar-refractivity contribution >= 4 is 46.9 Å². The van der Waals surface area contributed by atoms with E-state index < -0.39 is 36.3 Å². The van der Waals surface area contributed by atoms with Crippen LogP contribution in [0, 0.1) is 5.92 Å². The van der Waals surface area contributed by atoms with E-state index in [4.69, 9.17) is 21.1 Å². The lowest BCUT2D eigenvalue weighted by Gasteiger charge is -2.17. The van der Waals surface area contributed by atoms with Crippen molar-refractivity contribution in [2.45, 2.75) is 32.6 Å². The van der Waals surface area contributed by atoms with Crippen molar-refractivity contribution in [1.29, 1.82) is 0 Å². The molecule has 2 aromatic rings. The van der Waals surface area contributed by atoms with Crippen LogP contribution in [0.5, 0.6) is 0 Å². The van der Waals surface area contributed by atoms with Crippen LogP contribution in [0.2, 0.25) is 5.02 Å². The molecule has 196 valence electrons. The Morgan fingerprint density at radius 3 is 2.43 bits per heavy atom. The van der Waals surface area contributed by atoms with Crippen molar-refractivity contribution < 1.29 is 33.4 Å². The van der Waals surface area contributed by atoms with Crippen LogP contribution in [0.25, 0.3) is 0 Å². The Morgan fingerprint density at radius 2 is 1.73 bits per heavy atom. The van der Waals surface area contributed by atoms with E-state index in [1.807, 2.05) is 0 Å². The number of carbonyl (C=O) groups is 5. The first-order valence-electron chi connectivity index (χ1n) is 11.9. The van der Waals surface area contributed by atoms with Crippen LogP contribution in [0.1, 0.15) is 53.3 Å². The Hall–Kier alpha value is -3.92. The number of nitrogens with zero attached hydrogens (tertiary/aromatic N) is 1. The van der Waals surface area contributed by atoms with Gasteiger partial charge in [-0.05, 0) is 42.8 Å². The SMILES string of the molecule is CCCCCOC(=O)c1ccc(N2C[C@@H](C(=O)OCC(=O)NNC(=O)c3ccccc3Cl)CC2=O)cc1. The minimum Gasteiger partial charge on any atom is -0.462 e. The fourth-order valence-corrected chi connectivity index (χ4v) is 3.84. The van der Waals surface area contributed by atoms with Crippen molar-refractivity contribution in [3.63, 3.8) is 0 Å². The molecule has 0 bridgehead atoms. The van der Waals surface area contributed by atoms with Gasteiger partial charge < -0.3 is 14.4 Å². The van der Waals surface area contributed by atoms with Crippen molar-refractivity contribution in [1.82, 2.24) is 10.9 Å². The molecule has 1 saturated heterocycles. The standard InChI is InChI=1S/C26H28ClN3O7/c1-2-3-6-13-36-25(34)17-9-11-19(12-10-17)30-15-18(14-23(30)32)26(35)37-16-22(31)28-29-24(33)20-7-4-5-8-21(20)27/h4-5,7-12,18H,2-3,6,13-16H2,1H3,(H,28,31)(H,29,33)/t18-/m0/s1. The lowest BCUT2D eigenvalue weighted by atomic mass is 10.1. The molecule has 2 N–H and O–H groups in total. The summed E-state index contributed by atoms with van der Waals surface area (Å²) in [4.78, 5) is 62.5. The largest absolute Gasteiger partial charge is 0.462 e. The van der Waals surface area contributed by atoms with Crippen LogP contribution in [-0.2, 0) is 23.9 Å². The number of benzene rings is 2. The maximum atomic E-state index is 12.5. The van der Waals surface area contributed by atoms with E-state index in [1.165, 1.54) is 17.0 Å². The summed E-state index contributed by atoms with van der Waals surface area (Å²) >= 11 is 5.93. The number of anilines is 1. The highest BCUT2D eigenvalue weighted by atomic mass is 35.5. The maximum absolute atomic E-state index is 12.5. The van der Waals surface area contributed by atoms with E-state index in [2.05, 4.69) is 17.8 Å². The zero-order valence-corrected chi connectivity index (χ0v) is 21.1. The van der Waals surface area contributed by atoms with Gasteiger partial charge in [0.25, 0.3) is 11.8 Å². The van der Waals surface area contributed by atoms with Gasteiger partial charge in [0.15, 0.2) is 6.61 Å². The number of halogens is 1. The third-order valence-electron chi connectivity index (χ3n) is 5.63. The number of unbranched alkanes of at least 4 members (excludes halogenated alkanes) is 2. The summed E-state index contributed by atoms with van der Waals surface area (Å²) in [5, 5.41) is 0.216. The fraction of sp³-hybridized carbons (Fsp3) is 0.346. The van der Waals surface area contributed by atoms with Gasteiger partial charge in [-0.3, -0.25) is 30.0 Å². The number of carbonyl (C=O) groups excluding carboxylic acids is 5. The molecule has 0 radical (unpaired) electrons. The van der Waals surface area contributed by atoms with E-state index in [0.717, 1.165) is 19.3 Å². The second-order valence-electron chi connectivity index (χ2n) is 8.39. The third-order valence-corrected chi connectivity index (χ3v) is 5.96. The molecule has 0 spiro atoms. The fourth-order valence-electron chi connectivity index (χ4n) is 3.62. The normalized spacial score (nSPS) is 14.7. The number of esters is 2. The zero-order valence-electron chi connectivity index (χ0n) is 20.3. The average molecular weight is 530 g/mol. The summed E-state index contributed by atoms with van der Waals surface area (Å²) in [6, 6.07) is 12.7. The summed E-state index contributed by atoms with van der Waals surface area (Å²) in [6.07, 6.45) is 2.74. The predicted octanol–water partition coefficient (Wildman–Crippen LogP) is 3.04. The first-order valence-corrected chi connectivity index (χ1v) is 12.3. The molecule has 37 heavy (non-hydrogen) atoms. The van der Waals surface area contributed by atoms with Gasteiger partial charge in [-0.25, -0.2) is 4.79 Å². The van der Waals surface area contributed by atoms with E-state index in [0.29, 0.717) is 17.9 Å². The van der Waals surface area contributed by atoms with Gasteiger partial charge in [-0.2, -0.15) is 0 Å². The molecule has 0 aromatic heterocycles. The molecule has 1 fully saturated rings. The summed E-state index contributed by atoms with van der Waals surface area (Å²) in [7, 11) is 0. The summed E-state index contributed by atoms with van der Waals surface area (Å²) in [6.45, 7) is 1.85. The number of nitrogens with one attached hydrogen (secondary N) is 2. The van der Waals surface area contributed by atoms with Gasteiger partial charge in [0.05, 0.1) is 28.7 Å². The van der Waals surface area contributed by atoms with E-state index in [9.17, 15) is 24.0 Å². The molecule has 1 aliphatic rings. The summed E-state index contributed by atoms with van der Waals surface area (Å²) in [5.74, 6) is -3.58. The van der Waals surface area contributed by atoms with Gasteiger partial charge in [-0.15, -0.1) is 0 Å². The number of amides is 3. The van der Waals surface area contributed by atoms with E-state index in [-0.39, 0.29) is 29.5 Å². The second kappa shape index (κ2) is 13.4. The van der Waals surface area contributed by atoms with Crippen molar-refractivity contribution in [3.05, 3.63) is 64.7 Å². The van der Waals surface area contributed by atoms with Crippen LogP contribution < -0.4 is 15.8 Å². The number of hydrogen-bond donors (Lipinski definition) is 2. The first kappa shape index (κ1) is 27.7. The third kappa shape index (κ3) is 7.78. The number of ether oxygens (including phenoxy) is 2. The molecule has 11 heteroatoms. The minimum atomic E-state index is -0.763. The molecular formula is C26H28ClN3O7. The average Bonchev–Trinajstić information content (AvgIpc) is 3.30. The smallest absolute Gasteiger partial charge is 0.338 e. The Balaban J connectivity index is 1.44. The van der Waals surface area contributed by atoms with Crippen molar-refractivity contribution in [2.75, 3.05) is 24.7 Å². The quantitative estimate of drug-likeness (QED) is 0.275. The van der Waals surface area contributed by atoms with Crippen molar-refractivity contribution in [3.8, 4) is 0 Å². The van der Waals surface area contributed by atoms with Crippen LogP contribution in [0.4, 0.5) is 5.69 Å². The molecule has 0 saturated carbocycles. The molecule has 3 amide bonds. The van der Waals surface area contributed by atoms with Gasteiger partial charge >= 0.3 is 11.9 Å². The van der Waals surface area contributed by atoms with Crippen LogP contribution in [0.15, 0.2) is 48.5 Å². The molecule has 0 aliphatic carbocycles. The minimum absolute atomic E-state index is 0.0728. The second-order valence-corrected chi connectivity index (χ2v) is 8.79. The number of hydrazine groups is 1. The molecule has 1 aliphatic heterocycles. The number of hydrogen-bond acceptors (Lipinski definition) is 7. The monoisotopic (exact) mass is 529 g/mol. The molecule has 0 unspecified atom stereocenters. The van der Waals surface area contributed by atoms with Gasteiger partial charge in [0.2, 0.25) is 5.91 Å². The molecule has 1 heterocycles. The van der Waals surface area contributed by atoms with Crippen LogP contribution in [-0.4, -0.2) is 49.4 Å². The highest BCUT2D eigenvalue weighted by Crippen LogP contribution is 2.26. The highest BCUT2D eigenvalue weighted by molar-refractivity contribution is 6.33. The van der Waals surface area contributed by atoms with Crippen molar-refractivity contribution in [2.24, 2.45) is 5.92 Å². The van der Waals surface area contributed by atoms with E-state index in [1.54, 1.807) is 36.4 Å². The topological polar surface area (TPSA) is 131 Å². The Labute approximate surface area is 219 Å². The predicted molar refractivity (Wildman–Crippen MR) is 135 cm³/mol. The van der Waals surface area contributed by atoms with Gasteiger partial charge in [0.1, 0.15) is 0 Å². The lowest BCUT2D eigenvalue weighted by Crippen LogP contribution is -2.44. The summed E-state index contributed by atoms with van der Waals surface area (Å²) < 4.78 is 10.2.